The Bertz CT molecular complexity index is 168. The van der Waals surface area contributed by atoms with Crippen molar-refractivity contribution in [2.24, 2.45) is 0 Å². The SMILES string of the molecule is C=C/C=C1/OCOC1=C.CC. The molecule has 0 radical (unpaired) electrons. The van der Waals surface area contributed by atoms with Crippen LogP contribution in [0.4, 0.5) is 0 Å². The molecule has 11 heavy (non-hydrogen) atoms. The second-order valence-electron chi connectivity index (χ2n) is 1.60. The molecule has 0 saturated carbocycles. The van der Waals surface area contributed by atoms with Gasteiger partial charge >= 0.3 is 0 Å². The van der Waals surface area contributed by atoms with Crippen molar-refractivity contribution in [2.75, 3.05) is 6.79 Å². The Balaban J connectivity index is 0.000000461. The molecular formula is C9H14O2. The lowest BCUT2D eigenvalue weighted by molar-refractivity contribution is 0.0980. The van der Waals surface area contributed by atoms with Crippen molar-refractivity contribution in [1.29, 1.82) is 0 Å². The van der Waals surface area contributed by atoms with Crippen LogP contribution in [0.3, 0.4) is 0 Å². The van der Waals surface area contributed by atoms with Crippen molar-refractivity contribution < 1.29 is 9.47 Å². The second kappa shape index (κ2) is 5.59. The van der Waals surface area contributed by atoms with E-state index in [0.29, 0.717) is 11.5 Å². The molecule has 0 bridgehead atoms. The van der Waals surface area contributed by atoms with Crippen LogP contribution in [0.1, 0.15) is 13.8 Å². The first-order valence-electron chi connectivity index (χ1n) is 3.62. The summed E-state index contributed by atoms with van der Waals surface area (Å²) in [7, 11) is 0. The molecule has 0 spiro atoms. The van der Waals surface area contributed by atoms with Gasteiger partial charge in [-0.1, -0.05) is 33.1 Å². The average Bonchev–Trinajstić information content (AvgIpc) is 2.42. The van der Waals surface area contributed by atoms with Crippen LogP contribution in [0.2, 0.25) is 0 Å². The molecule has 1 rings (SSSR count). The molecule has 2 nitrogen and oxygen atoms in total. The Kier molecular flexibility index (Phi) is 4.99. The zero-order chi connectivity index (χ0) is 8.69. The molecule has 0 aromatic heterocycles. The Labute approximate surface area is 67.8 Å². The van der Waals surface area contributed by atoms with Gasteiger partial charge in [0.1, 0.15) is 0 Å². The van der Waals surface area contributed by atoms with Gasteiger partial charge in [0.05, 0.1) is 0 Å². The summed E-state index contributed by atoms with van der Waals surface area (Å²) in [6.45, 7) is 11.4. The summed E-state index contributed by atoms with van der Waals surface area (Å²) in [5.41, 5.74) is 0. The highest BCUT2D eigenvalue weighted by molar-refractivity contribution is 5.22. The molecule has 0 aromatic carbocycles. The van der Waals surface area contributed by atoms with Crippen LogP contribution in [-0.2, 0) is 9.47 Å². The standard InChI is InChI=1S/C7H8O2.C2H6/c1-3-4-7-6(2)8-5-9-7;1-2/h3-4H,1-2,5H2;1-2H3/b7-4+;. The zero-order valence-corrected chi connectivity index (χ0v) is 7.09. The van der Waals surface area contributed by atoms with Crippen LogP contribution < -0.4 is 0 Å². The van der Waals surface area contributed by atoms with E-state index in [1.54, 1.807) is 12.2 Å². The van der Waals surface area contributed by atoms with Gasteiger partial charge in [-0.25, -0.2) is 0 Å². The summed E-state index contributed by atoms with van der Waals surface area (Å²) < 4.78 is 9.86. The summed E-state index contributed by atoms with van der Waals surface area (Å²) in [6.07, 6.45) is 3.35. The van der Waals surface area contributed by atoms with Gasteiger partial charge in [-0.2, -0.15) is 0 Å². The fourth-order valence-electron chi connectivity index (χ4n) is 0.564. The summed E-state index contributed by atoms with van der Waals surface area (Å²) in [5, 5.41) is 0. The molecule has 1 saturated heterocycles. The lowest BCUT2D eigenvalue weighted by Crippen LogP contribution is -1.77. The molecule has 0 atom stereocenters. The Morgan fingerprint density at radius 3 is 2.36 bits per heavy atom. The summed E-state index contributed by atoms with van der Waals surface area (Å²) in [6, 6.07) is 0. The molecule has 2 heteroatoms. The Hall–Kier alpha value is -1.18. The van der Waals surface area contributed by atoms with E-state index in [2.05, 4.69) is 13.2 Å². The highest BCUT2D eigenvalue weighted by Gasteiger charge is 2.11. The van der Waals surface area contributed by atoms with E-state index in [9.17, 15) is 0 Å². The van der Waals surface area contributed by atoms with E-state index >= 15 is 0 Å². The van der Waals surface area contributed by atoms with E-state index in [1.165, 1.54) is 0 Å². The van der Waals surface area contributed by atoms with E-state index < -0.39 is 0 Å². The maximum atomic E-state index is 4.97. The number of hydrogen-bond donors (Lipinski definition) is 0. The maximum Gasteiger partial charge on any atom is 0.231 e. The molecule has 0 N–H and O–H groups in total. The molecular weight excluding hydrogens is 140 g/mol. The maximum absolute atomic E-state index is 4.97. The third kappa shape index (κ3) is 2.94. The van der Waals surface area contributed by atoms with Crippen molar-refractivity contribution in [3.63, 3.8) is 0 Å². The smallest absolute Gasteiger partial charge is 0.231 e. The zero-order valence-electron chi connectivity index (χ0n) is 7.09. The van der Waals surface area contributed by atoms with E-state index in [0.717, 1.165) is 0 Å². The minimum absolute atomic E-state index is 0.276. The predicted octanol–water partition coefficient (Wildman–Crippen LogP) is 2.60. The fraction of sp³-hybridized carbons (Fsp3) is 0.333. The van der Waals surface area contributed by atoms with Crippen molar-refractivity contribution in [3.05, 3.63) is 36.8 Å². The van der Waals surface area contributed by atoms with Gasteiger partial charge in [0.25, 0.3) is 0 Å². The van der Waals surface area contributed by atoms with Gasteiger partial charge in [-0.05, 0) is 6.08 Å². The van der Waals surface area contributed by atoms with Gasteiger partial charge in [0.2, 0.25) is 6.79 Å². The minimum atomic E-state index is 0.276. The minimum Gasteiger partial charge on any atom is -0.454 e. The van der Waals surface area contributed by atoms with Crippen LogP contribution in [0.15, 0.2) is 36.8 Å². The fourth-order valence-corrected chi connectivity index (χ4v) is 0.564. The highest BCUT2D eigenvalue weighted by atomic mass is 16.7. The van der Waals surface area contributed by atoms with E-state index in [4.69, 9.17) is 9.47 Å². The molecule has 0 aromatic rings. The number of allylic oxidation sites excluding steroid dienone is 2. The van der Waals surface area contributed by atoms with Crippen molar-refractivity contribution in [3.8, 4) is 0 Å². The number of hydrogen-bond acceptors (Lipinski definition) is 2. The predicted molar refractivity (Wildman–Crippen MR) is 45.8 cm³/mol. The first-order valence-corrected chi connectivity index (χ1v) is 3.62. The third-order valence-electron chi connectivity index (χ3n) is 0.992. The van der Waals surface area contributed by atoms with Gasteiger partial charge in [0.15, 0.2) is 11.5 Å². The third-order valence-corrected chi connectivity index (χ3v) is 0.992. The van der Waals surface area contributed by atoms with Crippen LogP contribution in [-0.4, -0.2) is 6.79 Å². The van der Waals surface area contributed by atoms with Gasteiger partial charge < -0.3 is 9.47 Å². The van der Waals surface area contributed by atoms with Gasteiger partial charge in [0, 0.05) is 0 Å². The van der Waals surface area contributed by atoms with E-state index in [1.807, 2.05) is 13.8 Å². The lowest BCUT2D eigenvalue weighted by atomic mass is 10.4. The Morgan fingerprint density at radius 1 is 1.36 bits per heavy atom. The van der Waals surface area contributed by atoms with Crippen molar-refractivity contribution >= 4 is 0 Å². The molecule has 0 amide bonds. The van der Waals surface area contributed by atoms with E-state index in [-0.39, 0.29) is 6.79 Å². The van der Waals surface area contributed by atoms with Crippen LogP contribution in [0, 0.1) is 0 Å². The highest BCUT2D eigenvalue weighted by Crippen LogP contribution is 2.17. The monoisotopic (exact) mass is 154 g/mol. The molecule has 0 unspecified atom stereocenters. The first kappa shape index (κ1) is 9.82. The molecule has 62 valence electrons. The average molecular weight is 154 g/mol. The van der Waals surface area contributed by atoms with Crippen molar-refractivity contribution in [2.45, 2.75) is 13.8 Å². The molecule has 0 aliphatic carbocycles. The molecule has 1 fully saturated rings. The number of rotatable bonds is 1. The van der Waals surface area contributed by atoms with Crippen LogP contribution in [0.5, 0.6) is 0 Å². The molecule has 1 aliphatic rings. The lowest BCUT2D eigenvalue weighted by Gasteiger charge is -1.88. The summed E-state index contributed by atoms with van der Waals surface area (Å²) in [4.78, 5) is 0. The quantitative estimate of drug-likeness (QED) is 0.578. The normalized spacial score (nSPS) is 18.0. The topological polar surface area (TPSA) is 18.5 Å². The molecule has 1 heterocycles. The summed E-state index contributed by atoms with van der Waals surface area (Å²) >= 11 is 0. The van der Waals surface area contributed by atoms with Gasteiger partial charge in [-0.3, -0.25) is 0 Å². The van der Waals surface area contributed by atoms with Gasteiger partial charge in [-0.15, -0.1) is 0 Å². The summed E-state index contributed by atoms with van der Waals surface area (Å²) in [5.74, 6) is 1.25. The largest absolute Gasteiger partial charge is 0.454 e. The Morgan fingerprint density at radius 2 is 2.00 bits per heavy atom. The van der Waals surface area contributed by atoms with Crippen LogP contribution in [0.25, 0.3) is 0 Å². The first-order chi connectivity index (χ1) is 5.34. The molecule has 1 aliphatic heterocycles. The van der Waals surface area contributed by atoms with Crippen molar-refractivity contribution in [1.82, 2.24) is 0 Å². The number of ether oxygens (including phenoxy) is 2. The van der Waals surface area contributed by atoms with Crippen LogP contribution >= 0.6 is 0 Å². The second-order valence-corrected chi connectivity index (χ2v) is 1.60.